The van der Waals surface area contributed by atoms with Crippen LogP contribution in [0.1, 0.15) is 22.7 Å². The van der Waals surface area contributed by atoms with Crippen molar-refractivity contribution in [3.63, 3.8) is 0 Å². The molecule has 0 aliphatic carbocycles. The molecule has 0 aliphatic heterocycles. The Bertz CT molecular complexity index is 798. The number of aromatic nitrogens is 2. The third-order valence-corrected chi connectivity index (χ3v) is 4.04. The Kier molecular flexibility index (Phi) is 3.89. The van der Waals surface area contributed by atoms with Gasteiger partial charge in [0.25, 0.3) is 5.91 Å². The van der Waals surface area contributed by atoms with Crippen LogP contribution in [0.15, 0.2) is 41.1 Å². The largest absolute Gasteiger partial charge is 0.334 e. The van der Waals surface area contributed by atoms with Crippen molar-refractivity contribution in [2.45, 2.75) is 13.1 Å². The van der Waals surface area contributed by atoms with Crippen LogP contribution in [-0.2, 0) is 6.54 Å². The van der Waals surface area contributed by atoms with Crippen LogP contribution in [0.5, 0.6) is 0 Å². The van der Waals surface area contributed by atoms with Gasteiger partial charge < -0.3 is 4.90 Å². The van der Waals surface area contributed by atoms with Gasteiger partial charge in [-0.15, -0.1) is 0 Å². The van der Waals surface area contributed by atoms with E-state index in [4.69, 9.17) is 0 Å². The molecule has 3 rings (SSSR count). The Morgan fingerprint density at radius 2 is 2.14 bits per heavy atom. The van der Waals surface area contributed by atoms with Gasteiger partial charge in [-0.25, -0.2) is 4.98 Å². The number of rotatable bonds is 4. The fraction of sp³-hybridized carbons (Fsp3) is 0.200. The predicted molar refractivity (Wildman–Crippen MR) is 81.1 cm³/mol. The van der Waals surface area contributed by atoms with Gasteiger partial charge in [-0.2, -0.15) is 20.1 Å². The number of halogens is 2. The van der Waals surface area contributed by atoms with Crippen LogP contribution in [0.3, 0.4) is 0 Å². The molecule has 2 heterocycles. The van der Waals surface area contributed by atoms with Gasteiger partial charge in [0.15, 0.2) is 0 Å². The highest BCUT2D eigenvalue weighted by Gasteiger charge is 2.20. The second-order valence-electron chi connectivity index (χ2n) is 4.84. The van der Waals surface area contributed by atoms with Crippen LogP contribution in [0.2, 0.25) is 0 Å². The molecule has 1 amide bonds. The molecular formula is C15H13F2N3OS. The first-order chi connectivity index (χ1) is 10.6. The SMILES string of the molecule is CN(Cc1nc2ccccc2n1C(F)F)C(=O)c1ccsc1. The number of amides is 1. The molecule has 0 saturated heterocycles. The third kappa shape index (κ3) is 2.59. The highest BCUT2D eigenvalue weighted by atomic mass is 32.1. The number of carbonyl (C=O) groups is 1. The Morgan fingerprint density at radius 1 is 1.36 bits per heavy atom. The van der Waals surface area contributed by atoms with E-state index in [1.54, 1.807) is 48.1 Å². The summed E-state index contributed by atoms with van der Waals surface area (Å²) in [7, 11) is 1.58. The van der Waals surface area contributed by atoms with Crippen LogP contribution >= 0.6 is 11.3 Å². The first-order valence-corrected chi connectivity index (χ1v) is 7.54. The number of carbonyl (C=O) groups excluding carboxylic acids is 1. The minimum atomic E-state index is -2.70. The number of nitrogens with zero attached hydrogens (tertiary/aromatic N) is 3. The summed E-state index contributed by atoms with van der Waals surface area (Å²) in [5.74, 6) is -0.0450. The molecule has 0 radical (unpaired) electrons. The quantitative estimate of drug-likeness (QED) is 0.734. The van der Waals surface area contributed by atoms with Gasteiger partial charge in [0.05, 0.1) is 23.1 Å². The number of hydrogen-bond acceptors (Lipinski definition) is 3. The van der Waals surface area contributed by atoms with Gasteiger partial charge in [-0.05, 0) is 23.6 Å². The number of thiophene rings is 1. The van der Waals surface area contributed by atoms with Gasteiger partial charge in [0.2, 0.25) is 0 Å². The summed E-state index contributed by atoms with van der Waals surface area (Å²) in [6.07, 6.45) is 0. The second-order valence-corrected chi connectivity index (χ2v) is 5.62. The van der Waals surface area contributed by atoms with Crippen molar-refractivity contribution in [3.8, 4) is 0 Å². The molecule has 0 aliphatic rings. The van der Waals surface area contributed by atoms with E-state index in [1.807, 2.05) is 0 Å². The summed E-state index contributed by atoms with van der Waals surface area (Å²) >= 11 is 1.42. The zero-order chi connectivity index (χ0) is 15.7. The molecular weight excluding hydrogens is 308 g/mol. The topological polar surface area (TPSA) is 38.1 Å². The van der Waals surface area contributed by atoms with Crippen molar-refractivity contribution in [1.29, 1.82) is 0 Å². The molecule has 4 nitrogen and oxygen atoms in total. The number of hydrogen-bond donors (Lipinski definition) is 0. The summed E-state index contributed by atoms with van der Waals surface area (Å²) in [5, 5.41) is 3.53. The fourth-order valence-electron chi connectivity index (χ4n) is 2.31. The zero-order valence-corrected chi connectivity index (χ0v) is 12.6. The number of alkyl halides is 2. The summed E-state index contributed by atoms with van der Waals surface area (Å²) in [6, 6.07) is 8.42. The van der Waals surface area contributed by atoms with Crippen LogP contribution in [0, 0.1) is 0 Å². The zero-order valence-electron chi connectivity index (χ0n) is 11.7. The van der Waals surface area contributed by atoms with Crippen LogP contribution < -0.4 is 0 Å². The minimum Gasteiger partial charge on any atom is -0.334 e. The van der Waals surface area contributed by atoms with Gasteiger partial charge >= 0.3 is 6.55 Å². The molecule has 0 spiro atoms. The van der Waals surface area contributed by atoms with Crippen molar-refractivity contribution in [2.24, 2.45) is 0 Å². The molecule has 0 atom stereocenters. The molecule has 114 valence electrons. The standard InChI is InChI=1S/C15H13F2N3OS/c1-19(14(21)10-6-7-22-9-10)8-13-18-11-4-2-3-5-12(11)20(13)15(16)17/h2-7,9,15H,8H2,1H3. The van der Waals surface area contributed by atoms with Gasteiger partial charge in [-0.3, -0.25) is 9.36 Å². The monoisotopic (exact) mass is 321 g/mol. The Hall–Kier alpha value is -2.28. The van der Waals surface area contributed by atoms with E-state index in [0.717, 1.165) is 4.57 Å². The number of imidazole rings is 1. The highest BCUT2D eigenvalue weighted by Crippen LogP contribution is 2.24. The molecule has 3 aromatic rings. The summed E-state index contributed by atoms with van der Waals surface area (Å²) < 4.78 is 27.5. The van der Waals surface area contributed by atoms with Crippen molar-refractivity contribution < 1.29 is 13.6 Å². The smallest absolute Gasteiger partial charge is 0.320 e. The lowest BCUT2D eigenvalue weighted by Gasteiger charge is -2.17. The summed E-state index contributed by atoms with van der Waals surface area (Å²) in [4.78, 5) is 17.8. The summed E-state index contributed by atoms with van der Waals surface area (Å²) in [6.45, 7) is -2.68. The molecule has 1 aromatic carbocycles. The lowest BCUT2D eigenvalue weighted by Crippen LogP contribution is -2.27. The van der Waals surface area contributed by atoms with Crippen LogP contribution in [0.4, 0.5) is 8.78 Å². The van der Waals surface area contributed by atoms with Gasteiger partial charge in [0.1, 0.15) is 5.82 Å². The van der Waals surface area contributed by atoms with Gasteiger partial charge in [-0.1, -0.05) is 12.1 Å². The Balaban J connectivity index is 1.93. The maximum absolute atomic E-state index is 13.3. The molecule has 0 unspecified atom stereocenters. The molecule has 0 fully saturated rings. The molecule has 0 N–H and O–H groups in total. The highest BCUT2D eigenvalue weighted by molar-refractivity contribution is 7.08. The Morgan fingerprint density at radius 3 is 2.82 bits per heavy atom. The third-order valence-electron chi connectivity index (χ3n) is 3.36. The van der Waals surface area contributed by atoms with Gasteiger partial charge in [0, 0.05) is 12.4 Å². The van der Waals surface area contributed by atoms with E-state index in [2.05, 4.69) is 4.98 Å². The Labute approximate surface area is 129 Å². The lowest BCUT2D eigenvalue weighted by atomic mass is 10.3. The van der Waals surface area contributed by atoms with Crippen LogP contribution in [-0.4, -0.2) is 27.4 Å². The van der Waals surface area contributed by atoms with Crippen molar-refractivity contribution in [3.05, 3.63) is 52.5 Å². The fourth-order valence-corrected chi connectivity index (χ4v) is 2.94. The van der Waals surface area contributed by atoms with Crippen molar-refractivity contribution >= 4 is 28.3 Å². The molecule has 7 heteroatoms. The predicted octanol–water partition coefficient (Wildman–Crippen LogP) is 3.77. The van der Waals surface area contributed by atoms with E-state index < -0.39 is 6.55 Å². The maximum Gasteiger partial charge on any atom is 0.320 e. The van der Waals surface area contributed by atoms with E-state index in [-0.39, 0.29) is 18.3 Å². The van der Waals surface area contributed by atoms with E-state index >= 15 is 0 Å². The molecule has 22 heavy (non-hydrogen) atoms. The van der Waals surface area contributed by atoms with Crippen molar-refractivity contribution in [2.75, 3.05) is 7.05 Å². The first kappa shape index (κ1) is 14.6. The van der Waals surface area contributed by atoms with Crippen molar-refractivity contribution in [1.82, 2.24) is 14.5 Å². The second kappa shape index (κ2) is 5.84. The molecule has 0 saturated carbocycles. The van der Waals surface area contributed by atoms with E-state index in [1.165, 1.54) is 16.2 Å². The lowest BCUT2D eigenvalue weighted by molar-refractivity contribution is 0.0646. The van der Waals surface area contributed by atoms with E-state index in [0.29, 0.717) is 16.6 Å². The van der Waals surface area contributed by atoms with E-state index in [9.17, 15) is 13.6 Å². The number of para-hydroxylation sites is 2. The molecule has 0 bridgehead atoms. The van der Waals surface area contributed by atoms with Crippen LogP contribution in [0.25, 0.3) is 11.0 Å². The first-order valence-electron chi connectivity index (χ1n) is 6.59. The molecule has 2 aromatic heterocycles. The number of fused-ring (bicyclic) bond motifs is 1. The maximum atomic E-state index is 13.3. The normalized spacial score (nSPS) is 11.3. The average Bonchev–Trinajstić information content (AvgIpc) is 3.13. The number of benzene rings is 1. The average molecular weight is 321 g/mol. The minimum absolute atomic E-state index is 0.0215. The summed E-state index contributed by atoms with van der Waals surface area (Å²) in [5.41, 5.74) is 1.41.